The second-order valence-corrected chi connectivity index (χ2v) is 4.03. The van der Waals surface area contributed by atoms with Gasteiger partial charge in [-0.25, -0.2) is 0 Å². The molecule has 0 radical (unpaired) electrons. The van der Waals surface area contributed by atoms with Crippen molar-refractivity contribution in [1.29, 1.82) is 0 Å². The Labute approximate surface area is 107 Å². The van der Waals surface area contributed by atoms with Gasteiger partial charge in [-0.1, -0.05) is 6.07 Å². The lowest BCUT2D eigenvalue weighted by molar-refractivity contribution is 0.189. The Morgan fingerprint density at radius 3 is 3.11 bits per heavy atom. The van der Waals surface area contributed by atoms with Gasteiger partial charge in [-0.2, -0.15) is 5.10 Å². The van der Waals surface area contributed by atoms with Crippen molar-refractivity contribution in [3.63, 3.8) is 0 Å². The zero-order chi connectivity index (χ0) is 12.6. The van der Waals surface area contributed by atoms with Gasteiger partial charge in [-0.15, -0.1) is 0 Å². The SMILES string of the molecule is COCCCn1ccc(NCc2cccnc2)n1. The zero-order valence-corrected chi connectivity index (χ0v) is 10.5. The minimum absolute atomic E-state index is 0.739. The highest BCUT2D eigenvalue weighted by molar-refractivity contribution is 5.33. The highest BCUT2D eigenvalue weighted by Gasteiger charge is 1.98. The predicted octanol–water partition coefficient (Wildman–Crippen LogP) is 1.93. The molecule has 0 saturated heterocycles. The summed E-state index contributed by atoms with van der Waals surface area (Å²) in [5.41, 5.74) is 1.14. The fourth-order valence-corrected chi connectivity index (χ4v) is 1.65. The molecule has 0 aliphatic carbocycles. The molecule has 0 aliphatic heterocycles. The first-order valence-electron chi connectivity index (χ1n) is 6.03. The lowest BCUT2D eigenvalue weighted by atomic mass is 10.3. The molecule has 0 unspecified atom stereocenters. The van der Waals surface area contributed by atoms with Crippen LogP contribution in [0.1, 0.15) is 12.0 Å². The fourth-order valence-electron chi connectivity index (χ4n) is 1.65. The summed E-state index contributed by atoms with van der Waals surface area (Å²) < 4.78 is 6.93. The van der Waals surface area contributed by atoms with Crippen LogP contribution in [0.4, 0.5) is 5.82 Å². The van der Waals surface area contributed by atoms with Crippen molar-refractivity contribution in [3.05, 3.63) is 42.4 Å². The number of aryl methyl sites for hydroxylation is 1. The van der Waals surface area contributed by atoms with E-state index >= 15 is 0 Å². The first kappa shape index (κ1) is 12.6. The van der Waals surface area contributed by atoms with Gasteiger partial charge in [0, 0.05) is 51.5 Å². The molecule has 96 valence electrons. The maximum atomic E-state index is 5.01. The molecule has 0 fully saturated rings. The number of nitrogens with zero attached hydrogens (tertiary/aromatic N) is 3. The summed E-state index contributed by atoms with van der Waals surface area (Å²) in [5.74, 6) is 0.885. The van der Waals surface area contributed by atoms with Gasteiger partial charge in [0.05, 0.1) is 0 Å². The predicted molar refractivity (Wildman–Crippen MR) is 70.3 cm³/mol. The smallest absolute Gasteiger partial charge is 0.148 e. The van der Waals surface area contributed by atoms with Crippen molar-refractivity contribution in [2.45, 2.75) is 19.5 Å². The second kappa shape index (κ2) is 6.76. The molecule has 5 nitrogen and oxygen atoms in total. The minimum atomic E-state index is 0.739. The van der Waals surface area contributed by atoms with Crippen molar-refractivity contribution in [2.75, 3.05) is 19.0 Å². The summed E-state index contributed by atoms with van der Waals surface area (Å²) in [5, 5.41) is 7.70. The lowest BCUT2D eigenvalue weighted by Crippen LogP contribution is -2.04. The molecule has 0 bridgehead atoms. The van der Waals surface area contributed by atoms with Gasteiger partial charge in [0.2, 0.25) is 0 Å². The first-order chi connectivity index (χ1) is 8.88. The maximum Gasteiger partial charge on any atom is 0.148 e. The molecule has 2 rings (SSSR count). The van der Waals surface area contributed by atoms with Crippen molar-refractivity contribution < 1.29 is 4.74 Å². The van der Waals surface area contributed by atoms with E-state index in [4.69, 9.17) is 4.74 Å². The van der Waals surface area contributed by atoms with Crippen LogP contribution < -0.4 is 5.32 Å². The van der Waals surface area contributed by atoms with Crippen molar-refractivity contribution in [3.8, 4) is 0 Å². The Morgan fingerprint density at radius 2 is 2.33 bits per heavy atom. The van der Waals surface area contributed by atoms with Crippen LogP contribution in [0.2, 0.25) is 0 Å². The summed E-state index contributed by atoms with van der Waals surface area (Å²) in [7, 11) is 1.71. The molecule has 0 spiro atoms. The Bertz CT molecular complexity index is 455. The summed E-state index contributed by atoms with van der Waals surface area (Å²) in [4.78, 5) is 4.07. The molecule has 0 saturated carbocycles. The van der Waals surface area contributed by atoms with E-state index in [-0.39, 0.29) is 0 Å². The summed E-state index contributed by atoms with van der Waals surface area (Å²) in [6, 6.07) is 5.94. The van der Waals surface area contributed by atoms with Crippen LogP contribution in [-0.4, -0.2) is 28.5 Å². The van der Waals surface area contributed by atoms with Gasteiger partial charge < -0.3 is 10.1 Å². The molecule has 1 N–H and O–H groups in total. The molecular weight excluding hydrogens is 228 g/mol. The number of hydrogen-bond donors (Lipinski definition) is 1. The Kier molecular flexibility index (Phi) is 4.72. The zero-order valence-electron chi connectivity index (χ0n) is 10.5. The fraction of sp³-hybridized carbons (Fsp3) is 0.385. The van der Waals surface area contributed by atoms with E-state index in [1.54, 1.807) is 13.3 Å². The Balaban J connectivity index is 1.80. The van der Waals surface area contributed by atoms with Crippen LogP contribution in [0, 0.1) is 0 Å². The third-order valence-electron chi connectivity index (χ3n) is 2.57. The molecular formula is C13H18N4O. The molecule has 18 heavy (non-hydrogen) atoms. The standard InChI is InChI=1S/C13H18N4O/c1-18-9-3-7-17-8-5-13(16-17)15-11-12-4-2-6-14-10-12/h2,4-6,8,10H,3,7,9,11H2,1H3,(H,15,16). The van der Waals surface area contributed by atoms with Crippen LogP contribution in [0.25, 0.3) is 0 Å². The number of hydrogen-bond acceptors (Lipinski definition) is 4. The largest absolute Gasteiger partial charge is 0.385 e. The Hall–Kier alpha value is -1.88. The van der Waals surface area contributed by atoms with Crippen molar-refractivity contribution in [2.24, 2.45) is 0 Å². The van der Waals surface area contributed by atoms with E-state index in [9.17, 15) is 0 Å². The molecule has 2 aromatic heterocycles. The van der Waals surface area contributed by atoms with Gasteiger partial charge in [-0.3, -0.25) is 9.67 Å². The van der Waals surface area contributed by atoms with Crippen molar-refractivity contribution >= 4 is 5.82 Å². The van der Waals surface area contributed by atoms with Crippen LogP contribution in [0.15, 0.2) is 36.8 Å². The number of aromatic nitrogens is 3. The van der Waals surface area contributed by atoms with Gasteiger partial charge in [0.1, 0.15) is 5.82 Å². The average Bonchev–Trinajstić information content (AvgIpc) is 2.86. The van der Waals surface area contributed by atoms with E-state index < -0.39 is 0 Å². The van der Waals surface area contributed by atoms with Gasteiger partial charge in [-0.05, 0) is 18.1 Å². The first-order valence-corrected chi connectivity index (χ1v) is 6.03. The maximum absolute atomic E-state index is 5.01. The van der Waals surface area contributed by atoms with Gasteiger partial charge >= 0.3 is 0 Å². The molecule has 0 atom stereocenters. The summed E-state index contributed by atoms with van der Waals surface area (Å²) in [6.07, 6.45) is 6.57. The van der Waals surface area contributed by atoms with E-state index in [0.717, 1.165) is 37.5 Å². The lowest BCUT2D eigenvalue weighted by Gasteiger charge is -2.03. The highest BCUT2D eigenvalue weighted by atomic mass is 16.5. The van der Waals surface area contributed by atoms with Crippen LogP contribution >= 0.6 is 0 Å². The number of nitrogens with one attached hydrogen (secondary N) is 1. The molecule has 0 aromatic carbocycles. The van der Waals surface area contributed by atoms with Crippen LogP contribution in [0.5, 0.6) is 0 Å². The number of rotatable bonds is 7. The Morgan fingerprint density at radius 1 is 1.39 bits per heavy atom. The summed E-state index contributed by atoms with van der Waals surface area (Å²) >= 11 is 0. The summed E-state index contributed by atoms with van der Waals surface area (Å²) in [6.45, 7) is 2.38. The minimum Gasteiger partial charge on any atom is -0.385 e. The third kappa shape index (κ3) is 3.85. The van der Waals surface area contributed by atoms with E-state index in [1.165, 1.54) is 0 Å². The quantitative estimate of drug-likeness (QED) is 0.758. The van der Waals surface area contributed by atoms with Crippen LogP contribution in [0.3, 0.4) is 0 Å². The number of ether oxygens (including phenoxy) is 1. The highest BCUT2D eigenvalue weighted by Crippen LogP contribution is 2.05. The molecule has 0 aliphatic rings. The second-order valence-electron chi connectivity index (χ2n) is 4.03. The van der Waals surface area contributed by atoms with Crippen molar-refractivity contribution in [1.82, 2.24) is 14.8 Å². The van der Waals surface area contributed by atoms with Gasteiger partial charge in [0.15, 0.2) is 0 Å². The molecule has 0 amide bonds. The molecule has 2 aromatic rings. The average molecular weight is 246 g/mol. The molecule has 2 heterocycles. The van der Waals surface area contributed by atoms with Crippen LogP contribution in [-0.2, 0) is 17.8 Å². The normalized spacial score (nSPS) is 10.5. The van der Waals surface area contributed by atoms with Gasteiger partial charge in [0.25, 0.3) is 0 Å². The van der Waals surface area contributed by atoms with E-state index in [0.29, 0.717) is 0 Å². The third-order valence-corrected chi connectivity index (χ3v) is 2.57. The number of pyridine rings is 1. The van der Waals surface area contributed by atoms with E-state index in [2.05, 4.69) is 15.4 Å². The van der Waals surface area contributed by atoms with E-state index in [1.807, 2.05) is 35.3 Å². The number of anilines is 1. The molecule has 5 heteroatoms. The monoisotopic (exact) mass is 246 g/mol. The number of methoxy groups -OCH3 is 1. The topological polar surface area (TPSA) is 52.0 Å².